The van der Waals surface area contributed by atoms with E-state index < -0.39 is 0 Å². The Kier molecular flexibility index (Phi) is 6.87. The molecule has 1 heterocycles. The Hall–Kier alpha value is -1.58. The molecule has 0 radical (unpaired) electrons. The van der Waals surface area contributed by atoms with E-state index in [1.165, 1.54) is 18.4 Å². The van der Waals surface area contributed by atoms with Crippen LogP contribution in [0.3, 0.4) is 0 Å². The quantitative estimate of drug-likeness (QED) is 0.596. The third-order valence-electron chi connectivity index (χ3n) is 4.54. The van der Waals surface area contributed by atoms with Crippen LogP contribution in [0.4, 0.5) is 0 Å². The molecule has 0 atom stereocenters. The van der Waals surface area contributed by atoms with Crippen LogP contribution < -0.4 is 0 Å². The van der Waals surface area contributed by atoms with Crippen molar-refractivity contribution in [2.45, 2.75) is 26.7 Å². The van der Waals surface area contributed by atoms with E-state index in [0.717, 1.165) is 44.8 Å². The van der Waals surface area contributed by atoms with Gasteiger partial charge >= 0.3 is 0 Å². The SMILES string of the molecule is C=C/C(=C\C=C(/C)O)CN1CCN(CC2=CC=C(C)CC2)CC1. The van der Waals surface area contributed by atoms with E-state index in [9.17, 15) is 5.11 Å². The van der Waals surface area contributed by atoms with Gasteiger partial charge in [0.2, 0.25) is 0 Å². The molecule has 3 heteroatoms. The lowest BCUT2D eigenvalue weighted by Crippen LogP contribution is -2.47. The summed E-state index contributed by atoms with van der Waals surface area (Å²) in [5.41, 5.74) is 4.22. The highest BCUT2D eigenvalue weighted by Gasteiger charge is 2.18. The van der Waals surface area contributed by atoms with E-state index in [-0.39, 0.29) is 0 Å². The van der Waals surface area contributed by atoms with Crippen molar-refractivity contribution in [3.63, 3.8) is 0 Å². The van der Waals surface area contributed by atoms with Crippen LogP contribution in [0.5, 0.6) is 0 Å². The summed E-state index contributed by atoms with van der Waals surface area (Å²) in [6.45, 7) is 14.2. The molecule has 3 nitrogen and oxygen atoms in total. The Labute approximate surface area is 141 Å². The number of hydrogen-bond donors (Lipinski definition) is 1. The number of hydrogen-bond acceptors (Lipinski definition) is 3. The molecular formula is C20H30N2O. The minimum absolute atomic E-state index is 0.333. The first kappa shape index (κ1) is 17.8. The Morgan fingerprint density at radius 3 is 2.39 bits per heavy atom. The second-order valence-electron chi connectivity index (χ2n) is 6.64. The second kappa shape index (κ2) is 8.90. The average molecular weight is 314 g/mol. The fraction of sp³-hybridized carbons (Fsp3) is 0.500. The largest absolute Gasteiger partial charge is 0.513 e. The van der Waals surface area contributed by atoms with Crippen molar-refractivity contribution in [1.82, 2.24) is 9.80 Å². The van der Waals surface area contributed by atoms with Crippen molar-refractivity contribution in [2.24, 2.45) is 0 Å². The van der Waals surface area contributed by atoms with E-state index in [1.807, 2.05) is 12.2 Å². The van der Waals surface area contributed by atoms with Crippen LogP contribution >= 0.6 is 0 Å². The lowest BCUT2D eigenvalue weighted by molar-refractivity contribution is 0.149. The molecule has 1 N–H and O–H groups in total. The van der Waals surface area contributed by atoms with Crippen LogP contribution in [0.25, 0.3) is 0 Å². The molecule has 2 aliphatic rings. The monoisotopic (exact) mass is 314 g/mol. The molecule has 0 amide bonds. The zero-order valence-electron chi connectivity index (χ0n) is 14.6. The summed E-state index contributed by atoms with van der Waals surface area (Å²) >= 11 is 0. The predicted octanol–water partition coefficient (Wildman–Crippen LogP) is 3.84. The van der Waals surface area contributed by atoms with Crippen molar-refractivity contribution in [2.75, 3.05) is 39.3 Å². The summed E-state index contributed by atoms with van der Waals surface area (Å²) in [4.78, 5) is 5.02. The van der Waals surface area contributed by atoms with Gasteiger partial charge in [0, 0.05) is 39.3 Å². The third-order valence-corrected chi connectivity index (χ3v) is 4.54. The Morgan fingerprint density at radius 1 is 1.13 bits per heavy atom. The first-order valence-electron chi connectivity index (χ1n) is 8.55. The minimum Gasteiger partial charge on any atom is -0.513 e. The molecular weight excluding hydrogens is 284 g/mol. The van der Waals surface area contributed by atoms with Crippen molar-refractivity contribution >= 4 is 0 Å². The number of allylic oxidation sites excluding steroid dienone is 6. The molecule has 1 fully saturated rings. The molecule has 0 aromatic carbocycles. The summed E-state index contributed by atoms with van der Waals surface area (Å²) in [5, 5.41) is 9.26. The number of aliphatic hydroxyl groups is 1. The lowest BCUT2D eigenvalue weighted by atomic mass is 9.99. The highest BCUT2D eigenvalue weighted by atomic mass is 16.3. The molecule has 0 saturated carbocycles. The average Bonchev–Trinajstić information content (AvgIpc) is 2.55. The molecule has 23 heavy (non-hydrogen) atoms. The van der Waals surface area contributed by atoms with Crippen molar-refractivity contribution in [1.29, 1.82) is 0 Å². The predicted molar refractivity (Wildman–Crippen MR) is 98.6 cm³/mol. The van der Waals surface area contributed by atoms with Crippen LogP contribution in [0.2, 0.25) is 0 Å². The fourth-order valence-electron chi connectivity index (χ4n) is 2.98. The van der Waals surface area contributed by atoms with Crippen LogP contribution in [0, 0.1) is 0 Å². The maximum atomic E-state index is 9.26. The van der Waals surface area contributed by atoms with Gasteiger partial charge in [0.25, 0.3) is 0 Å². The van der Waals surface area contributed by atoms with Gasteiger partial charge in [-0.3, -0.25) is 9.80 Å². The van der Waals surface area contributed by atoms with Gasteiger partial charge in [0.05, 0.1) is 5.76 Å². The Morgan fingerprint density at radius 2 is 1.83 bits per heavy atom. The first-order valence-corrected chi connectivity index (χ1v) is 8.55. The fourth-order valence-corrected chi connectivity index (χ4v) is 2.98. The van der Waals surface area contributed by atoms with Gasteiger partial charge in [-0.05, 0) is 38.3 Å². The number of rotatable bonds is 6. The summed E-state index contributed by atoms with van der Waals surface area (Å²) in [5.74, 6) is 0.333. The second-order valence-corrected chi connectivity index (χ2v) is 6.64. The molecule has 0 spiro atoms. The van der Waals surface area contributed by atoms with Crippen molar-refractivity contribution in [3.8, 4) is 0 Å². The van der Waals surface area contributed by atoms with Crippen LogP contribution in [-0.2, 0) is 0 Å². The third kappa shape index (κ3) is 6.20. The summed E-state index contributed by atoms with van der Waals surface area (Å²) < 4.78 is 0. The molecule has 0 unspecified atom stereocenters. The highest BCUT2D eigenvalue weighted by Crippen LogP contribution is 2.19. The zero-order valence-corrected chi connectivity index (χ0v) is 14.6. The first-order chi connectivity index (χ1) is 11.1. The van der Waals surface area contributed by atoms with E-state index in [1.54, 1.807) is 18.6 Å². The molecule has 2 rings (SSSR count). The van der Waals surface area contributed by atoms with Gasteiger partial charge in [0.15, 0.2) is 0 Å². The molecule has 1 aliphatic carbocycles. The van der Waals surface area contributed by atoms with E-state index >= 15 is 0 Å². The van der Waals surface area contributed by atoms with E-state index in [0.29, 0.717) is 5.76 Å². The van der Waals surface area contributed by atoms with Gasteiger partial charge in [-0.15, -0.1) is 0 Å². The number of nitrogens with zero attached hydrogens (tertiary/aromatic N) is 2. The van der Waals surface area contributed by atoms with Gasteiger partial charge in [-0.2, -0.15) is 0 Å². The maximum absolute atomic E-state index is 9.26. The summed E-state index contributed by atoms with van der Waals surface area (Å²) in [6, 6.07) is 0. The van der Waals surface area contributed by atoms with Crippen molar-refractivity contribution in [3.05, 3.63) is 59.4 Å². The van der Waals surface area contributed by atoms with Crippen molar-refractivity contribution < 1.29 is 5.11 Å². The highest BCUT2D eigenvalue weighted by molar-refractivity contribution is 5.25. The standard InChI is InChI=1S/C20H30N2O/c1-4-19(10-7-18(3)23)15-21-11-13-22(14-12-21)16-20-8-5-17(2)6-9-20/h4-5,7-8,10,23H,1,6,9,11-16H2,2-3H3/b18-7+,19-10+. The van der Waals surface area contributed by atoms with Crippen LogP contribution in [0.15, 0.2) is 59.4 Å². The normalized spacial score (nSPS) is 21.8. The van der Waals surface area contributed by atoms with E-state index in [4.69, 9.17) is 0 Å². The summed E-state index contributed by atoms with van der Waals surface area (Å²) in [7, 11) is 0. The molecule has 1 saturated heterocycles. The van der Waals surface area contributed by atoms with Gasteiger partial charge in [0.1, 0.15) is 0 Å². The topological polar surface area (TPSA) is 26.7 Å². The minimum atomic E-state index is 0.333. The van der Waals surface area contributed by atoms with Crippen LogP contribution in [0.1, 0.15) is 26.7 Å². The lowest BCUT2D eigenvalue weighted by Gasteiger charge is -2.35. The molecule has 0 bridgehead atoms. The molecule has 1 aliphatic heterocycles. The maximum Gasteiger partial charge on any atom is 0.0891 e. The van der Waals surface area contributed by atoms with Gasteiger partial charge in [-0.1, -0.05) is 42.0 Å². The van der Waals surface area contributed by atoms with Gasteiger partial charge < -0.3 is 5.11 Å². The zero-order chi connectivity index (χ0) is 16.7. The molecule has 0 aromatic heterocycles. The Balaban J connectivity index is 1.78. The molecule has 126 valence electrons. The number of piperazine rings is 1. The summed E-state index contributed by atoms with van der Waals surface area (Å²) in [6.07, 6.45) is 12.6. The van der Waals surface area contributed by atoms with Gasteiger partial charge in [-0.25, -0.2) is 0 Å². The van der Waals surface area contributed by atoms with E-state index in [2.05, 4.69) is 35.5 Å². The van der Waals surface area contributed by atoms with Crippen LogP contribution in [-0.4, -0.2) is 54.2 Å². The smallest absolute Gasteiger partial charge is 0.0891 e. The number of aliphatic hydroxyl groups excluding tert-OH is 1. The Bertz CT molecular complexity index is 528. The molecule has 0 aromatic rings.